The smallest absolute Gasteiger partial charge is 0.0331 e. The van der Waals surface area contributed by atoms with E-state index in [2.05, 4.69) is 16.8 Å². The third-order valence-electron chi connectivity index (χ3n) is 2.06. The SMILES string of the molecule is N[C@H](c1ccsc1)C1CC1. The molecule has 0 radical (unpaired) electrons. The van der Waals surface area contributed by atoms with Gasteiger partial charge < -0.3 is 5.73 Å². The molecule has 1 aromatic heterocycles. The van der Waals surface area contributed by atoms with Gasteiger partial charge in [0.25, 0.3) is 0 Å². The monoisotopic (exact) mass is 153 g/mol. The van der Waals surface area contributed by atoms with Crippen LogP contribution in [-0.2, 0) is 0 Å². The molecule has 2 rings (SSSR count). The zero-order valence-electron chi connectivity index (χ0n) is 5.79. The highest BCUT2D eigenvalue weighted by Gasteiger charge is 2.29. The van der Waals surface area contributed by atoms with Gasteiger partial charge in [0.15, 0.2) is 0 Å². The van der Waals surface area contributed by atoms with Crippen LogP contribution in [-0.4, -0.2) is 0 Å². The third kappa shape index (κ3) is 1.09. The summed E-state index contributed by atoms with van der Waals surface area (Å²) in [6, 6.07) is 2.46. The van der Waals surface area contributed by atoms with Crippen molar-refractivity contribution in [2.45, 2.75) is 18.9 Å². The van der Waals surface area contributed by atoms with E-state index in [4.69, 9.17) is 5.73 Å². The summed E-state index contributed by atoms with van der Waals surface area (Å²) in [6.45, 7) is 0. The summed E-state index contributed by atoms with van der Waals surface area (Å²) in [5, 5.41) is 4.25. The first kappa shape index (κ1) is 6.38. The molecule has 1 atom stereocenters. The first-order valence-electron chi connectivity index (χ1n) is 3.65. The van der Waals surface area contributed by atoms with Crippen molar-refractivity contribution in [3.63, 3.8) is 0 Å². The molecule has 54 valence electrons. The maximum Gasteiger partial charge on any atom is 0.0331 e. The standard InChI is InChI=1S/C8H11NS/c9-8(6-1-2-6)7-3-4-10-5-7/h3-6,8H,1-2,9H2/t8-/m0/s1. The highest BCUT2D eigenvalue weighted by molar-refractivity contribution is 7.07. The van der Waals surface area contributed by atoms with Crippen LogP contribution in [0, 0.1) is 5.92 Å². The molecule has 0 saturated heterocycles. The summed E-state index contributed by atoms with van der Waals surface area (Å²) in [5.41, 5.74) is 7.28. The molecule has 1 fully saturated rings. The molecule has 2 heteroatoms. The Balaban J connectivity index is 2.11. The van der Waals surface area contributed by atoms with E-state index in [9.17, 15) is 0 Å². The van der Waals surface area contributed by atoms with Gasteiger partial charge in [-0.25, -0.2) is 0 Å². The predicted octanol–water partition coefficient (Wildman–Crippen LogP) is 2.16. The van der Waals surface area contributed by atoms with Crippen LogP contribution in [0.5, 0.6) is 0 Å². The van der Waals surface area contributed by atoms with E-state index >= 15 is 0 Å². The van der Waals surface area contributed by atoms with Crippen LogP contribution in [0.1, 0.15) is 24.4 Å². The molecule has 0 spiro atoms. The van der Waals surface area contributed by atoms with Gasteiger partial charge in [0.2, 0.25) is 0 Å². The van der Waals surface area contributed by atoms with E-state index < -0.39 is 0 Å². The Morgan fingerprint density at radius 2 is 2.40 bits per heavy atom. The summed E-state index contributed by atoms with van der Waals surface area (Å²) in [5.74, 6) is 0.787. The Morgan fingerprint density at radius 3 is 2.90 bits per heavy atom. The predicted molar refractivity (Wildman–Crippen MR) is 44.0 cm³/mol. The molecule has 0 unspecified atom stereocenters. The van der Waals surface area contributed by atoms with E-state index in [-0.39, 0.29) is 0 Å². The molecule has 0 aromatic carbocycles. The molecular formula is C8H11NS. The van der Waals surface area contributed by atoms with Gasteiger partial charge in [-0.1, -0.05) is 0 Å². The van der Waals surface area contributed by atoms with Crippen molar-refractivity contribution in [3.05, 3.63) is 22.4 Å². The minimum Gasteiger partial charge on any atom is -0.324 e. The summed E-state index contributed by atoms with van der Waals surface area (Å²) >= 11 is 1.73. The lowest BCUT2D eigenvalue weighted by Crippen LogP contribution is -2.10. The first-order chi connectivity index (χ1) is 4.88. The molecule has 1 aliphatic rings. The van der Waals surface area contributed by atoms with Crippen molar-refractivity contribution in [1.82, 2.24) is 0 Å². The van der Waals surface area contributed by atoms with Gasteiger partial charge in [0.05, 0.1) is 0 Å². The van der Waals surface area contributed by atoms with E-state index in [0.717, 1.165) is 5.92 Å². The van der Waals surface area contributed by atoms with Crippen LogP contribution < -0.4 is 5.73 Å². The fourth-order valence-corrected chi connectivity index (χ4v) is 1.90. The lowest BCUT2D eigenvalue weighted by atomic mass is 10.1. The topological polar surface area (TPSA) is 26.0 Å². The van der Waals surface area contributed by atoms with Crippen molar-refractivity contribution in [3.8, 4) is 0 Å². The molecule has 1 nitrogen and oxygen atoms in total. The lowest BCUT2D eigenvalue weighted by molar-refractivity contribution is 0.636. The fraction of sp³-hybridized carbons (Fsp3) is 0.500. The maximum atomic E-state index is 5.95. The average molecular weight is 153 g/mol. The van der Waals surface area contributed by atoms with Gasteiger partial charge in [0, 0.05) is 6.04 Å². The minimum atomic E-state index is 0.325. The Labute approximate surface area is 64.9 Å². The molecule has 0 amide bonds. The Hall–Kier alpha value is -0.340. The molecular weight excluding hydrogens is 142 g/mol. The first-order valence-corrected chi connectivity index (χ1v) is 4.60. The molecule has 10 heavy (non-hydrogen) atoms. The molecule has 1 aromatic rings. The zero-order valence-corrected chi connectivity index (χ0v) is 6.60. The summed E-state index contributed by atoms with van der Waals surface area (Å²) in [7, 11) is 0. The molecule has 1 aliphatic carbocycles. The zero-order chi connectivity index (χ0) is 6.97. The number of thiophene rings is 1. The molecule has 0 aliphatic heterocycles. The summed E-state index contributed by atoms with van der Waals surface area (Å²) in [6.07, 6.45) is 2.66. The van der Waals surface area contributed by atoms with Crippen molar-refractivity contribution in [1.29, 1.82) is 0 Å². The second-order valence-electron chi connectivity index (χ2n) is 2.92. The molecule has 1 saturated carbocycles. The molecule has 0 bridgehead atoms. The number of hydrogen-bond acceptors (Lipinski definition) is 2. The Morgan fingerprint density at radius 1 is 1.60 bits per heavy atom. The second-order valence-corrected chi connectivity index (χ2v) is 3.70. The van der Waals surface area contributed by atoms with Crippen LogP contribution in [0.15, 0.2) is 16.8 Å². The molecule has 1 heterocycles. The number of nitrogens with two attached hydrogens (primary N) is 1. The van der Waals surface area contributed by atoms with Crippen LogP contribution in [0.3, 0.4) is 0 Å². The van der Waals surface area contributed by atoms with Gasteiger partial charge in [-0.05, 0) is 41.1 Å². The normalized spacial score (nSPS) is 20.9. The van der Waals surface area contributed by atoms with Crippen molar-refractivity contribution in [2.75, 3.05) is 0 Å². The fourth-order valence-electron chi connectivity index (χ4n) is 1.19. The van der Waals surface area contributed by atoms with Crippen molar-refractivity contribution < 1.29 is 0 Å². The minimum absolute atomic E-state index is 0.325. The van der Waals surface area contributed by atoms with E-state index in [0.29, 0.717) is 6.04 Å². The van der Waals surface area contributed by atoms with Gasteiger partial charge in [0.1, 0.15) is 0 Å². The summed E-state index contributed by atoms with van der Waals surface area (Å²) in [4.78, 5) is 0. The Bertz CT molecular complexity index is 201. The van der Waals surface area contributed by atoms with Gasteiger partial charge in [-0.2, -0.15) is 11.3 Å². The third-order valence-corrected chi connectivity index (χ3v) is 2.76. The van der Waals surface area contributed by atoms with Crippen LogP contribution >= 0.6 is 11.3 Å². The van der Waals surface area contributed by atoms with Crippen LogP contribution in [0.4, 0.5) is 0 Å². The molecule has 2 N–H and O–H groups in total. The largest absolute Gasteiger partial charge is 0.324 e. The van der Waals surface area contributed by atoms with Gasteiger partial charge >= 0.3 is 0 Å². The second kappa shape index (κ2) is 2.36. The van der Waals surface area contributed by atoms with Gasteiger partial charge in [-0.15, -0.1) is 0 Å². The van der Waals surface area contributed by atoms with Gasteiger partial charge in [-0.3, -0.25) is 0 Å². The average Bonchev–Trinajstić information content (AvgIpc) is 2.65. The van der Waals surface area contributed by atoms with Crippen molar-refractivity contribution >= 4 is 11.3 Å². The van der Waals surface area contributed by atoms with E-state index in [1.807, 2.05) is 0 Å². The van der Waals surface area contributed by atoms with Crippen LogP contribution in [0.25, 0.3) is 0 Å². The van der Waals surface area contributed by atoms with Crippen molar-refractivity contribution in [2.24, 2.45) is 11.7 Å². The van der Waals surface area contributed by atoms with Crippen LogP contribution in [0.2, 0.25) is 0 Å². The highest BCUT2D eigenvalue weighted by atomic mass is 32.1. The van der Waals surface area contributed by atoms with E-state index in [1.54, 1.807) is 11.3 Å². The van der Waals surface area contributed by atoms with E-state index in [1.165, 1.54) is 18.4 Å². The maximum absolute atomic E-state index is 5.95. The lowest BCUT2D eigenvalue weighted by Gasteiger charge is -2.05. The highest BCUT2D eigenvalue weighted by Crippen LogP contribution is 2.39. The summed E-state index contributed by atoms with van der Waals surface area (Å²) < 4.78 is 0. The quantitative estimate of drug-likeness (QED) is 0.692. The number of rotatable bonds is 2. The Kier molecular flexibility index (Phi) is 1.51. The number of hydrogen-bond donors (Lipinski definition) is 1.